The summed E-state index contributed by atoms with van der Waals surface area (Å²) in [4.78, 5) is 11.3. The molecule has 0 aliphatic carbocycles. The van der Waals surface area contributed by atoms with E-state index in [9.17, 15) is 17.6 Å². The number of carbonyl (C=O) groups is 1. The molecule has 0 unspecified atom stereocenters. The second kappa shape index (κ2) is 7.22. The fourth-order valence-electron chi connectivity index (χ4n) is 1.86. The summed E-state index contributed by atoms with van der Waals surface area (Å²) >= 11 is 0. The van der Waals surface area contributed by atoms with Gasteiger partial charge < -0.3 is 5.32 Å². The molecule has 0 atom stereocenters. The Morgan fingerprint density at radius 3 is 2.52 bits per heavy atom. The summed E-state index contributed by atoms with van der Waals surface area (Å²) in [6.45, 7) is 6.04. The van der Waals surface area contributed by atoms with Crippen molar-refractivity contribution in [3.05, 3.63) is 29.1 Å². The quantitative estimate of drug-likeness (QED) is 0.641. The molecule has 0 saturated heterocycles. The van der Waals surface area contributed by atoms with E-state index in [1.54, 1.807) is 0 Å². The van der Waals surface area contributed by atoms with Crippen LogP contribution in [0.15, 0.2) is 17.0 Å². The Bertz CT molecular complexity index is 629. The molecule has 0 spiro atoms. The number of carbonyl (C=O) groups excluding carboxylic acids is 1. The Hall–Kier alpha value is -1.14. The molecule has 0 aliphatic rings. The number of aryl methyl sites for hydroxylation is 1. The zero-order chi connectivity index (χ0) is 16.2. The van der Waals surface area contributed by atoms with E-state index in [0.717, 1.165) is 18.9 Å². The molecular weight excluding hydrogens is 317 g/mol. The Morgan fingerprint density at radius 2 is 2.00 bits per heavy atom. The van der Waals surface area contributed by atoms with Crippen LogP contribution in [0.1, 0.15) is 42.6 Å². The normalized spacial score (nSPS) is 11.7. The average Bonchev–Trinajstić information content (AvgIpc) is 2.35. The van der Waals surface area contributed by atoms with E-state index >= 15 is 0 Å². The standard InChI is InChI=1S/C14H19ClFNO3S/c1-9(2)5-4-6-17-14(18)11-7-10(3)13(16)12(8-11)21(15,19)20/h7-9H,4-6H2,1-3H3,(H,17,18). The summed E-state index contributed by atoms with van der Waals surface area (Å²) in [5.41, 5.74) is 0.140. The first-order valence-electron chi connectivity index (χ1n) is 6.66. The third-order valence-corrected chi connectivity index (χ3v) is 4.31. The van der Waals surface area contributed by atoms with Crippen LogP contribution in [0, 0.1) is 18.7 Å². The van der Waals surface area contributed by atoms with E-state index in [4.69, 9.17) is 10.7 Å². The number of hydrogen-bond donors (Lipinski definition) is 1. The van der Waals surface area contributed by atoms with Crippen LogP contribution in [-0.4, -0.2) is 20.9 Å². The topological polar surface area (TPSA) is 63.2 Å². The highest BCUT2D eigenvalue weighted by molar-refractivity contribution is 8.13. The largest absolute Gasteiger partial charge is 0.352 e. The third kappa shape index (κ3) is 5.28. The molecule has 0 radical (unpaired) electrons. The minimum atomic E-state index is -4.23. The first kappa shape index (κ1) is 17.9. The molecule has 0 bridgehead atoms. The molecule has 0 heterocycles. The van der Waals surface area contributed by atoms with Crippen LogP contribution in [0.3, 0.4) is 0 Å². The van der Waals surface area contributed by atoms with Crippen molar-refractivity contribution in [1.82, 2.24) is 5.32 Å². The number of hydrogen-bond acceptors (Lipinski definition) is 3. The van der Waals surface area contributed by atoms with Crippen LogP contribution in [-0.2, 0) is 9.05 Å². The number of rotatable bonds is 6. The molecule has 1 aromatic rings. The van der Waals surface area contributed by atoms with E-state index < -0.39 is 25.7 Å². The lowest BCUT2D eigenvalue weighted by Gasteiger charge is -2.09. The zero-order valence-corrected chi connectivity index (χ0v) is 13.8. The van der Waals surface area contributed by atoms with Gasteiger partial charge in [0.25, 0.3) is 15.0 Å². The molecule has 1 aromatic carbocycles. The van der Waals surface area contributed by atoms with Crippen molar-refractivity contribution in [1.29, 1.82) is 0 Å². The number of benzene rings is 1. The summed E-state index contributed by atoms with van der Waals surface area (Å²) in [5.74, 6) is -0.826. The first-order valence-corrected chi connectivity index (χ1v) is 8.97. The lowest BCUT2D eigenvalue weighted by molar-refractivity contribution is 0.0952. The van der Waals surface area contributed by atoms with E-state index in [1.807, 2.05) is 0 Å². The predicted molar refractivity (Wildman–Crippen MR) is 80.6 cm³/mol. The summed E-state index contributed by atoms with van der Waals surface area (Å²) in [6, 6.07) is 2.27. The van der Waals surface area contributed by atoms with Gasteiger partial charge in [0, 0.05) is 22.8 Å². The van der Waals surface area contributed by atoms with Gasteiger partial charge in [0.1, 0.15) is 10.7 Å². The summed E-state index contributed by atoms with van der Waals surface area (Å²) in [5, 5.41) is 2.68. The molecule has 21 heavy (non-hydrogen) atoms. The third-order valence-electron chi connectivity index (χ3n) is 2.99. The summed E-state index contributed by atoms with van der Waals surface area (Å²) in [6.07, 6.45) is 1.80. The van der Waals surface area contributed by atoms with Crippen LogP contribution >= 0.6 is 10.7 Å². The minimum Gasteiger partial charge on any atom is -0.352 e. The van der Waals surface area contributed by atoms with Gasteiger partial charge in [-0.3, -0.25) is 4.79 Å². The molecular formula is C14H19ClFNO3S. The van der Waals surface area contributed by atoms with Gasteiger partial charge in [0.15, 0.2) is 0 Å². The molecule has 1 amide bonds. The highest BCUT2D eigenvalue weighted by Gasteiger charge is 2.21. The van der Waals surface area contributed by atoms with Crippen LogP contribution in [0.5, 0.6) is 0 Å². The smallest absolute Gasteiger partial charge is 0.264 e. The van der Waals surface area contributed by atoms with Crippen molar-refractivity contribution in [2.75, 3.05) is 6.54 Å². The van der Waals surface area contributed by atoms with Crippen molar-refractivity contribution >= 4 is 25.6 Å². The molecule has 1 rings (SSSR count). The maximum atomic E-state index is 13.7. The van der Waals surface area contributed by atoms with Gasteiger partial charge in [0.2, 0.25) is 0 Å². The molecule has 0 fully saturated rings. The van der Waals surface area contributed by atoms with Crippen LogP contribution in [0.25, 0.3) is 0 Å². The molecule has 7 heteroatoms. The van der Waals surface area contributed by atoms with Gasteiger partial charge in [-0.25, -0.2) is 12.8 Å². The first-order chi connectivity index (χ1) is 9.62. The van der Waals surface area contributed by atoms with Crippen molar-refractivity contribution < 1.29 is 17.6 Å². The fourth-order valence-corrected chi connectivity index (χ4v) is 2.84. The minimum absolute atomic E-state index is 0.0593. The molecule has 118 valence electrons. The highest BCUT2D eigenvalue weighted by atomic mass is 35.7. The zero-order valence-electron chi connectivity index (χ0n) is 12.2. The molecule has 0 aliphatic heterocycles. The predicted octanol–water partition coefficient (Wildman–Crippen LogP) is 3.23. The highest BCUT2D eigenvalue weighted by Crippen LogP contribution is 2.23. The second-order valence-electron chi connectivity index (χ2n) is 5.34. The Morgan fingerprint density at radius 1 is 1.38 bits per heavy atom. The van der Waals surface area contributed by atoms with Crippen molar-refractivity contribution in [3.63, 3.8) is 0 Å². The number of halogens is 2. The summed E-state index contributed by atoms with van der Waals surface area (Å²) in [7, 11) is 0.943. The summed E-state index contributed by atoms with van der Waals surface area (Å²) < 4.78 is 36.4. The second-order valence-corrected chi connectivity index (χ2v) is 7.87. The SMILES string of the molecule is Cc1cc(C(=O)NCCCC(C)C)cc(S(=O)(=O)Cl)c1F. The van der Waals surface area contributed by atoms with Gasteiger partial charge >= 0.3 is 0 Å². The Labute approximate surface area is 129 Å². The van der Waals surface area contributed by atoms with E-state index in [1.165, 1.54) is 13.0 Å². The van der Waals surface area contributed by atoms with Crippen LogP contribution in [0.4, 0.5) is 4.39 Å². The number of nitrogens with one attached hydrogen (secondary N) is 1. The maximum Gasteiger partial charge on any atom is 0.264 e. The fraction of sp³-hybridized carbons (Fsp3) is 0.500. The molecule has 0 aromatic heterocycles. The van der Waals surface area contributed by atoms with Crippen molar-refractivity contribution in [3.8, 4) is 0 Å². The van der Waals surface area contributed by atoms with Crippen LogP contribution < -0.4 is 5.32 Å². The number of amides is 1. The van der Waals surface area contributed by atoms with E-state index in [0.29, 0.717) is 12.5 Å². The average molecular weight is 336 g/mol. The van der Waals surface area contributed by atoms with E-state index in [2.05, 4.69) is 19.2 Å². The van der Waals surface area contributed by atoms with Crippen LogP contribution in [0.2, 0.25) is 0 Å². The lowest BCUT2D eigenvalue weighted by Crippen LogP contribution is -2.25. The van der Waals surface area contributed by atoms with Gasteiger partial charge in [-0.2, -0.15) is 0 Å². The van der Waals surface area contributed by atoms with Gasteiger partial charge in [-0.05, 0) is 43.4 Å². The molecule has 1 N–H and O–H groups in total. The van der Waals surface area contributed by atoms with Gasteiger partial charge in [0.05, 0.1) is 0 Å². The van der Waals surface area contributed by atoms with Gasteiger partial charge in [-0.15, -0.1) is 0 Å². The maximum absolute atomic E-state index is 13.7. The Kier molecular flexibility index (Phi) is 6.16. The van der Waals surface area contributed by atoms with Gasteiger partial charge in [-0.1, -0.05) is 13.8 Å². The van der Waals surface area contributed by atoms with E-state index in [-0.39, 0.29) is 11.1 Å². The van der Waals surface area contributed by atoms with Crippen molar-refractivity contribution in [2.24, 2.45) is 5.92 Å². The van der Waals surface area contributed by atoms with Crippen molar-refractivity contribution in [2.45, 2.75) is 38.5 Å². The lowest BCUT2D eigenvalue weighted by atomic mass is 10.1. The monoisotopic (exact) mass is 335 g/mol. The molecule has 0 saturated carbocycles. The Balaban J connectivity index is 2.89. The molecule has 4 nitrogen and oxygen atoms in total.